The minimum Gasteiger partial charge on any atom is -0.468 e. The fourth-order valence-electron chi connectivity index (χ4n) is 3.23. The fourth-order valence-corrected chi connectivity index (χ4v) is 5.58. The first kappa shape index (κ1) is 25.6. The van der Waals surface area contributed by atoms with Crippen LogP contribution in [0.5, 0.6) is 0 Å². The molecule has 2 aliphatic heterocycles. The number of rotatable bonds is 7. The summed E-state index contributed by atoms with van der Waals surface area (Å²) >= 11 is 0. The molecule has 2 aliphatic rings. The van der Waals surface area contributed by atoms with Gasteiger partial charge in [-0.2, -0.15) is 0 Å². The van der Waals surface area contributed by atoms with Crippen LogP contribution in [0.4, 0.5) is 0 Å². The Bertz CT molecular complexity index is 807. The standard InChI is InChI=1S/C25H43NO4Si2/c1-24(2,3)31(7,8)28-16-19-21(30-32(9,10)25(4,5)6)22(20-17-27-20)29-23(26-19)18-14-12-11-13-15-18/h11-15,19-22H,16-17H2,1-10H3/t19-,20-,21-,22-/m1/s1. The van der Waals surface area contributed by atoms with Crippen LogP contribution in [-0.2, 0) is 18.3 Å². The SMILES string of the molecule is CC(C)(C)[Si](C)(C)OC[C@H]1N=C(c2ccccc2)O[C@H]([C@H]2CO2)[C@@H]1O[Si](C)(C)C(C)(C)C. The van der Waals surface area contributed by atoms with Crippen LogP contribution in [0.2, 0.25) is 36.3 Å². The normalized spacial score (nSPS) is 27.0. The molecule has 0 spiro atoms. The van der Waals surface area contributed by atoms with E-state index in [1.165, 1.54) is 0 Å². The second-order valence-electron chi connectivity index (χ2n) is 12.2. The van der Waals surface area contributed by atoms with E-state index >= 15 is 0 Å². The average molecular weight is 478 g/mol. The van der Waals surface area contributed by atoms with E-state index in [0.717, 1.165) is 5.56 Å². The lowest BCUT2D eigenvalue weighted by molar-refractivity contribution is -0.0173. The Kier molecular flexibility index (Phi) is 7.19. The molecule has 1 saturated heterocycles. The highest BCUT2D eigenvalue weighted by atomic mass is 28.4. The van der Waals surface area contributed by atoms with Crippen LogP contribution < -0.4 is 0 Å². The van der Waals surface area contributed by atoms with Gasteiger partial charge in [-0.15, -0.1) is 0 Å². The quantitative estimate of drug-likeness (QED) is 0.356. The van der Waals surface area contributed by atoms with Crippen LogP contribution in [0.1, 0.15) is 47.1 Å². The number of hydrogen-bond donors (Lipinski definition) is 0. The summed E-state index contributed by atoms with van der Waals surface area (Å²) in [7, 11) is -3.99. The summed E-state index contributed by atoms with van der Waals surface area (Å²) in [5.74, 6) is 0.671. The lowest BCUT2D eigenvalue weighted by atomic mass is 10.0. The largest absolute Gasteiger partial charge is 0.468 e. The molecule has 5 nitrogen and oxygen atoms in total. The lowest BCUT2D eigenvalue weighted by Crippen LogP contribution is -2.57. The fraction of sp³-hybridized carbons (Fsp3) is 0.720. The van der Waals surface area contributed by atoms with Gasteiger partial charge in [0, 0.05) is 5.56 Å². The Labute approximate surface area is 197 Å². The second-order valence-corrected chi connectivity index (χ2v) is 21.8. The summed E-state index contributed by atoms with van der Waals surface area (Å²) in [5, 5.41) is 0.231. The Morgan fingerprint density at radius 1 is 0.938 bits per heavy atom. The molecular weight excluding hydrogens is 434 g/mol. The number of hydrogen-bond acceptors (Lipinski definition) is 5. The molecule has 0 unspecified atom stereocenters. The van der Waals surface area contributed by atoms with E-state index in [9.17, 15) is 0 Å². The molecule has 7 heteroatoms. The van der Waals surface area contributed by atoms with Crippen molar-refractivity contribution < 1.29 is 18.3 Å². The molecule has 0 bridgehead atoms. The first-order chi connectivity index (χ1) is 14.6. The van der Waals surface area contributed by atoms with Crippen molar-refractivity contribution in [3.63, 3.8) is 0 Å². The van der Waals surface area contributed by atoms with Crippen LogP contribution in [0.3, 0.4) is 0 Å². The van der Waals surface area contributed by atoms with Gasteiger partial charge in [-0.25, -0.2) is 4.99 Å². The average Bonchev–Trinajstić information content (AvgIpc) is 3.51. The van der Waals surface area contributed by atoms with E-state index in [1.54, 1.807) is 0 Å². The van der Waals surface area contributed by atoms with Crippen molar-refractivity contribution in [2.24, 2.45) is 4.99 Å². The number of benzene rings is 1. The van der Waals surface area contributed by atoms with Gasteiger partial charge in [-0.3, -0.25) is 0 Å². The van der Waals surface area contributed by atoms with Gasteiger partial charge in [0.2, 0.25) is 5.90 Å². The summed E-state index contributed by atoms with van der Waals surface area (Å²) in [6.07, 6.45) is -0.306. The highest BCUT2D eigenvalue weighted by Crippen LogP contribution is 2.41. The van der Waals surface area contributed by atoms with Gasteiger partial charge in [0.25, 0.3) is 0 Å². The Balaban J connectivity index is 1.96. The lowest BCUT2D eigenvalue weighted by Gasteiger charge is -2.45. The van der Waals surface area contributed by atoms with Crippen LogP contribution in [-0.4, -0.2) is 60.1 Å². The van der Waals surface area contributed by atoms with E-state index in [1.807, 2.05) is 30.3 Å². The summed E-state index contributed by atoms with van der Waals surface area (Å²) in [6.45, 7) is 24.0. The van der Waals surface area contributed by atoms with Crippen molar-refractivity contribution in [3.05, 3.63) is 35.9 Å². The van der Waals surface area contributed by atoms with E-state index in [0.29, 0.717) is 19.1 Å². The van der Waals surface area contributed by atoms with Crippen molar-refractivity contribution >= 4 is 22.5 Å². The molecule has 32 heavy (non-hydrogen) atoms. The topological polar surface area (TPSA) is 52.6 Å². The minimum absolute atomic E-state index is 0.0503. The number of aliphatic imine (C=N–C) groups is 1. The maximum Gasteiger partial charge on any atom is 0.216 e. The highest BCUT2D eigenvalue weighted by molar-refractivity contribution is 6.74. The summed E-state index contributed by atoms with van der Waals surface area (Å²) < 4.78 is 25.8. The molecule has 0 amide bonds. The summed E-state index contributed by atoms with van der Waals surface area (Å²) in [4.78, 5) is 5.08. The molecular formula is C25H43NO4Si2. The van der Waals surface area contributed by atoms with Crippen LogP contribution in [0, 0.1) is 0 Å². The molecule has 180 valence electrons. The van der Waals surface area contributed by atoms with Gasteiger partial charge in [0.1, 0.15) is 18.2 Å². The highest BCUT2D eigenvalue weighted by Gasteiger charge is 2.51. The third-order valence-electron chi connectivity index (χ3n) is 7.64. The zero-order chi connectivity index (χ0) is 23.9. The molecule has 4 atom stereocenters. The van der Waals surface area contributed by atoms with Crippen LogP contribution >= 0.6 is 0 Å². The Morgan fingerprint density at radius 2 is 1.50 bits per heavy atom. The van der Waals surface area contributed by atoms with Crippen molar-refractivity contribution in [2.75, 3.05) is 13.2 Å². The summed E-state index contributed by atoms with van der Waals surface area (Å²) in [6, 6.07) is 10.0. The predicted octanol–water partition coefficient (Wildman–Crippen LogP) is 6.01. The van der Waals surface area contributed by atoms with E-state index in [2.05, 4.69) is 67.7 Å². The Hall–Kier alpha value is -0.996. The minimum atomic E-state index is -2.06. The molecule has 1 aromatic carbocycles. The number of ether oxygens (including phenoxy) is 2. The maximum absolute atomic E-state index is 6.97. The van der Waals surface area contributed by atoms with Crippen molar-refractivity contribution in [2.45, 2.75) is 102 Å². The Morgan fingerprint density at radius 3 is 2.00 bits per heavy atom. The summed E-state index contributed by atoms with van der Waals surface area (Å²) in [5.41, 5.74) is 0.987. The van der Waals surface area contributed by atoms with Gasteiger partial charge in [-0.05, 0) is 48.4 Å². The molecule has 0 N–H and O–H groups in total. The first-order valence-corrected chi connectivity index (χ1v) is 17.7. The van der Waals surface area contributed by atoms with Crippen molar-refractivity contribution in [1.82, 2.24) is 0 Å². The third kappa shape index (κ3) is 5.73. The number of nitrogens with zero attached hydrogens (tertiary/aromatic N) is 1. The molecule has 1 aromatic rings. The van der Waals surface area contributed by atoms with Crippen molar-refractivity contribution in [1.29, 1.82) is 0 Å². The van der Waals surface area contributed by atoms with Gasteiger partial charge < -0.3 is 18.3 Å². The smallest absolute Gasteiger partial charge is 0.216 e. The zero-order valence-corrected chi connectivity index (χ0v) is 23.7. The molecule has 0 radical (unpaired) electrons. The molecule has 1 fully saturated rings. The van der Waals surface area contributed by atoms with E-state index in [-0.39, 0.29) is 34.4 Å². The second kappa shape index (κ2) is 8.98. The van der Waals surface area contributed by atoms with Gasteiger partial charge in [-0.1, -0.05) is 59.7 Å². The zero-order valence-electron chi connectivity index (χ0n) is 21.7. The third-order valence-corrected chi connectivity index (χ3v) is 16.6. The van der Waals surface area contributed by atoms with E-state index < -0.39 is 16.6 Å². The van der Waals surface area contributed by atoms with E-state index in [4.69, 9.17) is 23.3 Å². The molecule has 2 heterocycles. The first-order valence-electron chi connectivity index (χ1n) is 11.9. The predicted molar refractivity (Wildman–Crippen MR) is 137 cm³/mol. The maximum atomic E-state index is 6.97. The monoisotopic (exact) mass is 477 g/mol. The van der Waals surface area contributed by atoms with Crippen LogP contribution in [0.25, 0.3) is 0 Å². The van der Waals surface area contributed by atoms with Gasteiger partial charge >= 0.3 is 0 Å². The molecule has 0 aliphatic carbocycles. The van der Waals surface area contributed by atoms with Crippen molar-refractivity contribution in [3.8, 4) is 0 Å². The molecule has 0 saturated carbocycles. The van der Waals surface area contributed by atoms with Gasteiger partial charge in [0.15, 0.2) is 22.7 Å². The van der Waals surface area contributed by atoms with Gasteiger partial charge in [0.05, 0.1) is 13.2 Å². The number of epoxide rings is 1. The molecule has 0 aromatic heterocycles. The van der Waals surface area contributed by atoms with Crippen LogP contribution in [0.15, 0.2) is 35.3 Å². The molecule has 3 rings (SSSR count).